The Morgan fingerprint density at radius 2 is 2.21 bits per heavy atom. The maximum Gasteiger partial charge on any atom is 0.278 e. The first-order valence-corrected chi connectivity index (χ1v) is 6.33. The second-order valence-electron chi connectivity index (χ2n) is 3.91. The fourth-order valence-electron chi connectivity index (χ4n) is 1.64. The number of hydrogen-bond donors (Lipinski definition) is 1. The van der Waals surface area contributed by atoms with Gasteiger partial charge in [0, 0.05) is 12.7 Å². The molecule has 2 rings (SSSR count). The summed E-state index contributed by atoms with van der Waals surface area (Å²) in [5.74, 6) is 0.632. The van der Waals surface area contributed by atoms with Crippen LogP contribution in [0.5, 0.6) is 5.88 Å². The third kappa shape index (κ3) is 2.76. The molecule has 0 fully saturated rings. The van der Waals surface area contributed by atoms with E-state index in [1.807, 2.05) is 19.1 Å². The van der Waals surface area contributed by atoms with Gasteiger partial charge < -0.3 is 10.1 Å². The van der Waals surface area contributed by atoms with E-state index in [9.17, 15) is 4.79 Å². The topological polar surface area (TPSA) is 69.0 Å². The molecule has 0 radical (unpaired) electrons. The number of carbonyl (C=O) groups excluding carboxylic acids is 1. The summed E-state index contributed by atoms with van der Waals surface area (Å²) in [7, 11) is 3.22. The van der Waals surface area contributed by atoms with E-state index < -0.39 is 0 Å². The Morgan fingerprint density at radius 1 is 1.47 bits per heavy atom. The van der Waals surface area contributed by atoms with Gasteiger partial charge in [-0.25, -0.2) is 9.67 Å². The third-order valence-electron chi connectivity index (χ3n) is 2.48. The van der Waals surface area contributed by atoms with E-state index in [0.29, 0.717) is 16.2 Å². The Hall–Kier alpha value is -1.89. The van der Waals surface area contributed by atoms with E-state index >= 15 is 0 Å². The maximum absolute atomic E-state index is 12.1. The van der Waals surface area contributed by atoms with E-state index in [2.05, 4.69) is 31.3 Å². The molecular formula is C12H13BrN4O2. The number of nitrogens with one attached hydrogen (secondary N) is 1. The van der Waals surface area contributed by atoms with Crippen LogP contribution in [0.1, 0.15) is 16.2 Å². The van der Waals surface area contributed by atoms with Crippen molar-refractivity contribution in [2.24, 2.45) is 7.05 Å². The van der Waals surface area contributed by atoms with Crippen LogP contribution in [0.2, 0.25) is 0 Å². The number of nitrogens with zero attached hydrogens (tertiary/aromatic N) is 3. The smallest absolute Gasteiger partial charge is 0.278 e. The van der Waals surface area contributed by atoms with Gasteiger partial charge in [-0.15, -0.1) is 0 Å². The zero-order chi connectivity index (χ0) is 14.0. The van der Waals surface area contributed by atoms with E-state index in [-0.39, 0.29) is 11.6 Å². The van der Waals surface area contributed by atoms with E-state index in [4.69, 9.17) is 4.74 Å². The molecule has 6 nitrogen and oxygen atoms in total. The molecule has 0 unspecified atom stereocenters. The first kappa shape index (κ1) is 13.5. The summed E-state index contributed by atoms with van der Waals surface area (Å²) in [5, 5.41) is 6.80. The van der Waals surface area contributed by atoms with Gasteiger partial charge in [0.05, 0.1) is 7.11 Å². The van der Waals surface area contributed by atoms with Crippen molar-refractivity contribution in [1.82, 2.24) is 14.8 Å². The quantitative estimate of drug-likeness (QED) is 0.939. The highest BCUT2D eigenvalue weighted by atomic mass is 79.9. The molecule has 2 aromatic rings. The van der Waals surface area contributed by atoms with Gasteiger partial charge in [-0.3, -0.25) is 4.79 Å². The lowest BCUT2D eigenvalue weighted by Gasteiger charge is -2.03. The summed E-state index contributed by atoms with van der Waals surface area (Å²) in [4.78, 5) is 16.3. The summed E-state index contributed by atoms with van der Waals surface area (Å²) in [6.45, 7) is 1.86. The number of anilines is 1. The van der Waals surface area contributed by atoms with Crippen LogP contribution in [-0.2, 0) is 7.05 Å². The molecule has 1 amide bonds. The first-order valence-electron chi connectivity index (χ1n) is 5.54. The number of rotatable bonds is 3. The second kappa shape index (κ2) is 5.40. The van der Waals surface area contributed by atoms with Crippen LogP contribution in [0.15, 0.2) is 22.7 Å². The van der Waals surface area contributed by atoms with Gasteiger partial charge in [0.1, 0.15) is 10.3 Å². The van der Waals surface area contributed by atoms with Gasteiger partial charge in [0.15, 0.2) is 5.69 Å². The highest BCUT2D eigenvalue weighted by Gasteiger charge is 2.20. The molecule has 0 saturated carbocycles. The lowest BCUT2D eigenvalue weighted by Crippen LogP contribution is -2.14. The van der Waals surface area contributed by atoms with Crippen molar-refractivity contribution in [3.05, 3.63) is 34.1 Å². The first-order chi connectivity index (χ1) is 9.02. The van der Waals surface area contributed by atoms with Crippen molar-refractivity contribution in [2.75, 3.05) is 12.4 Å². The summed E-state index contributed by atoms with van der Waals surface area (Å²) in [5.41, 5.74) is 1.08. The van der Waals surface area contributed by atoms with Crippen molar-refractivity contribution < 1.29 is 9.53 Å². The SMILES string of the molecule is COc1c(Br)c(C(=O)Nc2cccc(C)n2)nn1C. The van der Waals surface area contributed by atoms with E-state index in [1.165, 1.54) is 11.8 Å². The monoisotopic (exact) mass is 324 g/mol. The van der Waals surface area contributed by atoms with Crippen LogP contribution in [0.3, 0.4) is 0 Å². The van der Waals surface area contributed by atoms with Crippen LogP contribution in [0, 0.1) is 6.92 Å². The predicted octanol–water partition coefficient (Wildman–Crippen LogP) is 2.15. The molecule has 0 spiro atoms. The standard InChI is InChI=1S/C12H13BrN4O2/c1-7-5-4-6-8(14-7)15-11(18)10-9(13)12(19-3)17(2)16-10/h4-6H,1-3H3,(H,14,15,18). The number of pyridine rings is 1. The summed E-state index contributed by atoms with van der Waals surface area (Å²) in [6.07, 6.45) is 0. The molecule has 0 saturated heterocycles. The molecule has 7 heteroatoms. The van der Waals surface area contributed by atoms with Crippen LogP contribution < -0.4 is 10.1 Å². The molecule has 0 atom stereocenters. The predicted molar refractivity (Wildman–Crippen MR) is 74.4 cm³/mol. The maximum atomic E-state index is 12.1. The fourth-order valence-corrected chi connectivity index (χ4v) is 2.32. The number of aryl methyl sites for hydroxylation is 2. The highest BCUT2D eigenvalue weighted by Crippen LogP contribution is 2.28. The van der Waals surface area contributed by atoms with Crippen LogP contribution in [-0.4, -0.2) is 27.8 Å². The largest absolute Gasteiger partial charge is 0.480 e. The van der Waals surface area contributed by atoms with Crippen LogP contribution in [0.4, 0.5) is 5.82 Å². The minimum absolute atomic E-state index is 0.252. The lowest BCUT2D eigenvalue weighted by atomic mass is 10.3. The second-order valence-corrected chi connectivity index (χ2v) is 4.71. The van der Waals surface area contributed by atoms with Crippen molar-refractivity contribution in [3.8, 4) is 5.88 Å². The molecule has 2 heterocycles. The number of carbonyl (C=O) groups is 1. The van der Waals surface area contributed by atoms with Gasteiger partial charge in [0.25, 0.3) is 5.91 Å². The number of amides is 1. The molecule has 0 aliphatic heterocycles. The van der Waals surface area contributed by atoms with Crippen molar-refractivity contribution in [1.29, 1.82) is 0 Å². The zero-order valence-electron chi connectivity index (χ0n) is 10.8. The van der Waals surface area contributed by atoms with Gasteiger partial charge in [0.2, 0.25) is 5.88 Å². The molecule has 0 aromatic carbocycles. The molecular weight excluding hydrogens is 312 g/mol. The van der Waals surface area contributed by atoms with Crippen LogP contribution in [0.25, 0.3) is 0 Å². The van der Waals surface area contributed by atoms with E-state index in [0.717, 1.165) is 5.69 Å². The minimum Gasteiger partial charge on any atom is -0.480 e. The Bertz CT molecular complexity index is 624. The molecule has 1 N–H and O–H groups in total. The summed E-state index contributed by atoms with van der Waals surface area (Å²) >= 11 is 3.30. The Balaban J connectivity index is 2.26. The molecule has 0 aliphatic rings. The number of aromatic nitrogens is 3. The summed E-state index contributed by atoms with van der Waals surface area (Å²) in [6, 6.07) is 5.40. The normalized spacial score (nSPS) is 10.3. The van der Waals surface area contributed by atoms with Gasteiger partial charge in [-0.1, -0.05) is 6.07 Å². The number of hydrogen-bond acceptors (Lipinski definition) is 4. The Morgan fingerprint density at radius 3 is 2.79 bits per heavy atom. The Kier molecular flexibility index (Phi) is 3.84. The zero-order valence-corrected chi connectivity index (χ0v) is 12.4. The molecule has 19 heavy (non-hydrogen) atoms. The van der Waals surface area contributed by atoms with Gasteiger partial charge in [-0.2, -0.15) is 5.10 Å². The molecule has 0 aliphatic carbocycles. The number of halogens is 1. The highest BCUT2D eigenvalue weighted by molar-refractivity contribution is 9.10. The molecule has 2 aromatic heterocycles. The van der Waals surface area contributed by atoms with Gasteiger partial charge in [-0.05, 0) is 35.0 Å². The van der Waals surface area contributed by atoms with Crippen molar-refractivity contribution >= 4 is 27.7 Å². The van der Waals surface area contributed by atoms with Gasteiger partial charge >= 0.3 is 0 Å². The lowest BCUT2D eigenvalue weighted by molar-refractivity contribution is 0.102. The van der Waals surface area contributed by atoms with E-state index in [1.54, 1.807) is 13.1 Å². The average molecular weight is 325 g/mol. The Labute approximate surface area is 118 Å². The van der Waals surface area contributed by atoms with Crippen molar-refractivity contribution in [2.45, 2.75) is 6.92 Å². The number of ether oxygens (including phenoxy) is 1. The van der Waals surface area contributed by atoms with Crippen molar-refractivity contribution in [3.63, 3.8) is 0 Å². The fraction of sp³-hybridized carbons (Fsp3) is 0.250. The summed E-state index contributed by atoms with van der Waals surface area (Å²) < 4.78 is 7.14. The van der Waals surface area contributed by atoms with Crippen LogP contribution >= 0.6 is 15.9 Å². The number of methoxy groups -OCH3 is 1. The molecule has 100 valence electrons. The third-order valence-corrected chi connectivity index (χ3v) is 3.19. The average Bonchev–Trinajstić information content (AvgIpc) is 2.64. The molecule has 0 bridgehead atoms. The minimum atomic E-state index is -0.344.